The highest BCUT2D eigenvalue weighted by Crippen LogP contribution is 2.44. The molecule has 0 amide bonds. The Bertz CT molecular complexity index is 602. The molecular weight excluding hydrogens is 268 g/mol. The Hall–Kier alpha value is -1.13. The molecule has 0 aromatic carbocycles. The summed E-state index contributed by atoms with van der Waals surface area (Å²) in [6.45, 7) is 9.51. The lowest BCUT2D eigenvalue weighted by Crippen LogP contribution is -2.35. The molecule has 1 N–H and O–H groups in total. The molecule has 2 aromatic rings. The van der Waals surface area contributed by atoms with Gasteiger partial charge in [-0.15, -0.1) is 11.3 Å². The van der Waals surface area contributed by atoms with Crippen molar-refractivity contribution in [2.75, 3.05) is 0 Å². The van der Waals surface area contributed by atoms with E-state index >= 15 is 0 Å². The molecule has 4 heteroatoms. The van der Waals surface area contributed by atoms with Gasteiger partial charge in [-0.2, -0.15) is 0 Å². The van der Waals surface area contributed by atoms with Crippen LogP contribution in [0.1, 0.15) is 55.9 Å². The van der Waals surface area contributed by atoms with Gasteiger partial charge >= 0.3 is 0 Å². The molecule has 0 spiro atoms. The first kappa shape index (κ1) is 13.8. The van der Waals surface area contributed by atoms with Crippen molar-refractivity contribution >= 4 is 11.3 Å². The lowest BCUT2D eigenvalue weighted by atomic mass is 10.1. The Morgan fingerprint density at radius 1 is 1.40 bits per heavy atom. The number of aromatic nitrogens is 1. The summed E-state index contributed by atoms with van der Waals surface area (Å²) in [5.74, 6) is 1.64. The van der Waals surface area contributed by atoms with Gasteiger partial charge in [-0.1, -0.05) is 0 Å². The molecule has 1 aliphatic rings. The Labute approximate surface area is 124 Å². The van der Waals surface area contributed by atoms with Crippen molar-refractivity contribution in [2.24, 2.45) is 0 Å². The third-order valence-corrected chi connectivity index (χ3v) is 4.66. The second kappa shape index (κ2) is 5.01. The number of thiazole rings is 1. The van der Waals surface area contributed by atoms with Gasteiger partial charge in [0, 0.05) is 22.9 Å². The van der Waals surface area contributed by atoms with E-state index in [1.165, 1.54) is 23.4 Å². The average molecular weight is 290 g/mol. The van der Waals surface area contributed by atoms with Crippen LogP contribution in [0.15, 0.2) is 16.7 Å². The topological polar surface area (TPSA) is 38.1 Å². The highest BCUT2D eigenvalue weighted by Gasteiger charge is 2.30. The van der Waals surface area contributed by atoms with Gasteiger partial charge in [0.2, 0.25) is 0 Å². The van der Waals surface area contributed by atoms with E-state index < -0.39 is 0 Å². The van der Waals surface area contributed by atoms with E-state index in [-0.39, 0.29) is 5.54 Å². The molecule has 20 heavy (non-hydrogen) atoms. The van der Waals surface area contributed by atoms with Gasteiger partial charge in [0.1, 0.15) is 10.8 Å². The second-order valence-corrected chi connectivity index (χ2v) is 7.68. The number of aryl methyl sites for hydroxylation is 1. The zero-order valence-electron chi connectivity index (χ0n) is 12.6. The van der Waals surface area contributed by atoms with E-state index in [1.807, 2.05) is 13.0 Å². The van der Waals surface area contributed by atoms with Gasteiger partial charge in [-0.25, -0.2) is 4.98 Å². The first-order chi connectivity index (χ1) is 9.44. The molecule has 1 aliphatic carbocycles. The van der Waals surface area contributed by atoms with Crippen molar-refractivity contribution in [1.29, 1.82) is 0 Å². The smallest absolute Gasteiger partial charge is 0.127 e. The molecule has 0 saturated heterocycles. The third-order valence-electron chi connectivity index (χ3n) is 3.56. The Morgan fingerprint density at radius 2 is 2.15 bits per heavy atom. The Balaban J connectivity index is 1.89. The molecule has 0 radical (unpaired) electrons. The molecule has 0 aliphatic heterocycles. The van der Waals surface area contributed by atoms with Crippen molar-refractivity contribution in [3.05, 3.63) is 28.7 Å². The first-order valence-corrected chi connectivity index (χ1v) is 8.05. The van der Waals surface area contributed by atoms with Gasteiger partial charge in [0.25, 0.3) is 0 Å². The molecule has 0 unspecified atom stereocenters. The van der Waals surface area contributed by atoms with Crippen LogP contribution < -0.4 is 5.32 Å². The monoisotopic (exact) mass is 290 g/mol. The van der Waals surface area contributed by atoms with Gasteiger partial charge in [-0.05, 0) is 46.6 Å². The van der Waals surface area contributed by atoms with Crippen LogP contribution in [-0.4, -0.2) is 10.5 Å². The predicted molar refractivity (Wildman–Crippen MR) is 83.1 cm³/mol. The summed E-state index contributed by atoms with van der Waals surface area (Å²) in [6, 6.07) is 2.02. The van der Waals surface area contributed by atoms with E-state index in [4.69, 9.17) is 9.40 Å². The minimum absolute atomic E-state index is 0.135. The molecule has 0 atom stereocenters. The number of furan rings is 1. The number of nitrogens with one attached hydrogen (secondary N) is 1. The van der Waals surface area contributed by atoms with Crippen molar-refractivity contribution in [2.45, 2.75) is 58.5 Å². The van der Waals surface area contributed by atoms with Crippen LogP contribution in [0.3, 0.4) is 0 Å². The van der Waals surface area contributed by atoms with E-state index in [0.717, 1.165) is 22.9 Å². The fourth-order valence-electron chi connectivity index (χ4n) is 2.23. The molecule has 1 saturated carbocycles. The third kappa shape index (κ3) is 2.96. The summed E-state index contributed by atoms with van der Waals surface area (Å²) >= 11 is 1.81. The maximum atomic E-state index is 5.41. The highest BCUT2D eigenvalue weighted by molar-refractivity contribution is 7.15. The predicted octanol–water partition coefficient (Wildman–Crippen LogP) is 4.48. The van der Waals surface area contributed by atoms with Gasteiger partial charge in [-0.3, -0.25) is 0 Å². The molecule has 3 rings (SSSR count). The normalized spacial score (nSPS) is 15.8. The van der Waals surface area contributed by atoms with Gasteiger partial charge in [0.15, 0.2) is 0 Å². The van der Waals surface area contributed by atoms with Crippen LogP contribution in [0.4, 0.5) is 0 Å². The summed E-state index contributed by atoms with van der Waals surface area (Å²) < 4.78 is 5.41. The van der Waals surface area contributed by atoms with Crippen molar-refractivity contribution in [1.82, 2.24) is 10.3 Å². The Kier molecular flexibility index (Phi) is 3.46. The highest BCUT2D eigenvalue weighted by atomic mass is 32.1. The van der Waals surface area contributed by atoms with E-state index in [0.29, 0.717) is 5.92 Å². The zero-order valence-corrected chi connectivity index (χ0v) is 13.4. The molecule has 3 nitrogen and oxygen atoms in total. The number of rotatable bonds is 4. The van der Waals surface area contributed by atoms with Crippen LogP contribution in [0, 0.1) is 6.92 Å². The van der Waals surface area contributed by atoms with Gasteiger partial charge in [0.05, 0.1) is 17.5 Å². The van der Waals surface area contributed by atoms with Crippen LogP contribution in [0.5, 0.6) is 0 Å². The van der Waals surface area contributed by atoms with Crippen LogP contribution in [-0.2, 0) is 6.54 Å². The lowest BCUT2D eigenvalue weighted by molar-refractivity contribution is 0.425. The molecular formula is C16H22N2OS. The van der Waals surface area contributed by atoms with Gasteiger partial charge < -0.3 is 9.73 Å². The number of hydrogen-bond acceptors (Lipinski definition) is 4. The SMILES string of the molecule is Cc1occc1-c1nc(C2CC2)c(CNC(C)(C)C)s1. The van der Waals surface area contributed by atoms with Crippen molar-refractivity contribution in [3.63, 3.8) is 0 Å². The molecule has 2 aromatic heterocycles. The quantitative estimate of drug-likeness (QED) is 0.902. The lowest BCUT2D eigenvalue weighted by Gasteiger charge is -2.20. The van der Waals surface area contributed by atoms with Crippen LogP contribution in [0.2, 0.25) is 0 Å². The van der Waals surface area contributed by atoms with Crippen molar-refractivity contribution < 1.29 is 4.42 Å². The summed E-state index contributed by atoms with van der Waals surface area (Å²) in [7, 11) is 0. The maximum Gasteiger partial charge on any atom is 0.127 e. The van der Waals surface area contributed by atoms with E-state index in [9.17, 15) is 0 Å². The molecule has 1 fully saturated rings. The fraction of sp³-hybridized carbons (Fsp3) is 0.562. The average Bonchev–Trinajstić information content (AvgIpc) is 2.98. The standard InChI is InChI=1S/C16H22N2OS/c1-10-12(7-8-19-10)15-18-14(11-5-6-11)13(20-15)9-17-16(2,3)4/h7-8,11,17H,5-6,9H2,1-4H3. The molecule has 0 bridgehead atoms. The largest absolute Gasteiger partial charge is 0.469 e. The van der Waals surface area contributed by atoms with Crippen LogP contribution in [0.25, 0.3) is 10.6 Å². The minimum Gasteiger partial charge on any atom is -0.469 e. The minimum atomic E-state index is 0.135. The zero-order chi connectivity index (χ0) is 14.3. The number of nitrogens with zero attached hydrogens (tertiary/aromatic N) is 1. The van der Waals surface area contributed by atoms with Crippen molar-refractivity contribution in [3.8, 4) is 10.6 Å². The van der Waals surface area contributed by atoms with E-state index in [1.54, 1.807) is 17.6 Å². The molecule has 2 heterocycles. The second-order valence-electron chi connectivity index (χ2n) is 6.60. The summed E-state index contributed by atoms with van der Waals surface area (Å²) in [5, 5.41) is 4.68. The van der Waals surface area contributed by atoms with Crippen LogP contribution >= 0.6 is 11.3 Å². The molecule has 108 valence electrons. The van der Waals surface area contributed by atoms with E-state index in [2.05, 4.69) is 26.1 Å². The fourth-order valence-corrected chi connectivity index (χ4v) is 3.39. The number of hydrogen-bond donors (Lipinski definition) is 1. The Morgan fingerprint density at radius 3 is 2.70 bits per heavy atom. The maximum absolute atomic E-state index is 5.41. The first-order valence-electron chi connectivity index (χ1n) is 7.23. The summed E-state index contributed by atoms with van der Waals surface area (Å²) in [5.41, 5.74) is 2.58. The summed E-state index contributed by atoms with van der Waals surface area (Å²) in [6.07, 6.45) is 4.32. The summed E-state index contributed by atoms with van der Waals surface area (Å²) in [4.78, 5) is 6.28.